The number of rotatable bonds is 2. The fourth-order valence-corrected chi connectivity index (χ4v) is 1.05. The van der Waals surface area contributed by atoms with Gasteiger partial charge in [-0.2, -0.15) is 5.10 Å². The van der Waals surface area contributed by atoms with Crippen molar-refractivity contribution >= 4 is 5.97 Å². The molecule has 0 radical (unpaired) electrons. The Morgan fingerprint density at radius 2 is 2.33 bits per heavy atom. The van der Waals surface area contributed by atoms with E-state index >= 15 is 0 Å². The zero-order valence-corrected chi connectivity index (χ0v) is 7.41. The largest absolute Gasteiger partial charge is 0.476 e. The van der Waals surface area contributed by atoms with Gasteiger partial charge in [-0.05, 0) is 6.07 Å². The zero-order chi connectivity index (χ0) is 10.8. The average molecular weight is 206 g/mol. The topological polar surface area (TPSA) is 101 Å². The van der Waals surface area contributed by atoms with Crippen molar-refractivity contribution in [2.45, 2.75) is 0 Å². The first-order valence-electron chi connectivity index (χ1n) is 4.01. The van der Waals surface area contributed by atoms with Crippen molar-refractivity contribution in [1.29, 1.82) is 0 Å². The van der Waals surface area contributed by atoms with E-state index in [1.165, 1.54) is 29.3 Å². The molecule has 0 amide bonds. The van der Waals surface area contributed by atoms with E-state index in [0.29, 0.717) is 0 Å². The fraction of sp³-hybridized carbons (Fsp3) is 0. The summed E-state index contributed by atoms with van der Waals surface area (Å²) < 4.78 is 1.22. The van der Waals surface area contributed by atoms with E-state index < -0.39 is 5.97 Å². The Morgan fingerprint density at radius 1 is 1.53 bits per heavy atom. The Kier molecular flexibility index (Phi) is 2.05. The summed E-state index contributed by atoms with van der Waals surface area (Å²) in [6.07, 6.45) is 2.64. The minimum Gasteiger partial charge on any atom is -0.476 e. The number of nitrogens with one attached hydrogen (secondary N) is 1. The van der Waals surface area contributed by atoms with Crippen LogP contribution in [0.25, 0.3) is 5.82 Å². The molecular weight excluding hydrogens is 200 g/mol. The molecule has 0 unspecified atom stereocenters. The number of hydrogen-bond acceptors (Lipinski definition) is 4. The first-order valence-corrected chi connectivity index (χ1v) is 4.01. The molecule has 0 aliphatic rings. The van der Waals surface area contributed by atoms with Gasteiger partial charge in [-0.25, -0.2) is 14.5 Å². The van der Waals surface area contributed by atoms with Crippen molar-refractivity contribution in [3.63, 3.8) is 0 Å². The van der Waals surface area contributed by atoms with Crippen molar-refractivity contribution in [3.05, 3.63) is 40.7 Å². The minimum absolute atomic E-state index is 0.0999. The molecule has 2 aromatic rings. The molecule has 0 atom stereocenters. The molecular formula is C8H6N4O3. The molecule has 2 N–H and O–H groups in total. The quantitative estimate of drug-likeness (QED) is 0.699. The van der Waals surface area contributed by atoms with Crippen LogP contribution in [0.1, 0.15) is 10.5 Å². The van der Waals surface area contributed by atoms with E-state index in [1.54, 1.807) is 0 Å². The van der Waals surface area contributed by atoms with Crippen molar-refractivity contribution in [1.82, 2.24) is 19.7 Å². The van der Waals surface area contributed by atoms with Gasteiger partial charge < -0.3 is 10.1 Å². The molecule has 0 aliphatic heterocycles. The maximum Gasteiger partial charge on any atom is 0.356 e. The van der Waals surface area contributed by atoms with Crippen molar-refractivity contribution < 1.29 is 9.90 Å². The highest BCUT2D eigenvalue weighted by Gasteiger charge is 2.08. The summed E-state index contributed by atoms with van der Waals surface area (Å²) in [5.41, 5.74) is -0.426. The molecule has 2 aromatic heterocycles. The number of carbonyl (C=O) groups is 1. The standard InChI is InChI=1S/C8H6N4O3/c13-7-3-6(9-4-10-7)12-2-1-5(11-12)8(14)15/h1-4H,(H,14,15)(H,9,10,13). The number of carboxylic acid groups (broad SMARTS) is 1. The smallest absolute Gasteiger partial charge is 0.356 e. The van der Waals surface area contributed by atoms with Crippen LogP contribution < -0.4 is 5.56 Å². The third kappa shape index (κ3) is 1.75. The first-order chi connectivity index (χ1) is 7.16. The highest BCUT2D eigenvalue weighted by molar-refractivity contribution is 5.85. The van der Waals surface area contributed by atoms with Crippen molar-refractivity contribution in [2.75, 3.05) is 0 Å². The molecule has 2 rings (SSSR count). The maximum atomic E-state index is 11.0. The number of nitrogens with zero attached hydrogens (tertiary/aromatic N) is 3. The third-order valence-electron chi connectivity index (χ3n) is 1.71. The summed E-state index contributed by atoms with van der Waals surface area (Å²) in [7, 11) is 0. The second-order valence-corrected chi connectivity index (χ2v) is 2.72. The molecule has 7 heteroatoms. The van der Waals surface area contributed by atoms with Crippen LogP contribution in [0.15, 0.2) is 29.5 Å². The van der Waals surface area contributed by atoms with Crippen LogP contribution in [-0.4, -0.2) is 30.8 Å². The van der Waals surface area contributed by atoms with Gasteiger partial charge in [0.25, 0.3) is 5.56 Å². The van der Waals surface area contributed by atoms with Gasteiger partial charge in [0.1, 0.15) is 0 Å². The minimum atomic E-state index is -1.13. The number of hydrogen-bond donors (Lipinski definition) is 2. The Balaban J connectivity index is 2.46. The van der Waals surface area contributed by atoms with E-state index in [-0.39, 0.29) is 17.1 Å². The van der Waals surface area contributed by atoms with Gasteiger partial charge >= 0.3 is 5.97 Å². The van der Waals surface area contributed by atoms with Gasteiger partial charge in [0.2, 0.25) is 0 Å². The lowest BCUT2D eigenvalue weighted by Gasteiger charge is -1.96. The van der Waals surface area contributed by atoms with Crippen LogP contribution in [-0.2, 0) is 0 Å². The van der Waals surface area contributed by atoms with E-state index in [9.17, 15) is 9.59 Å². The average Bonchev–Trinajstić information content (AvgIpc) is 2.66. The lowest BCUT2D eigenvalue weighted by Crippen LogP contribution is -2.09. The van der Waals surface area contributed by atoms with Gasteiger partial charge in [-0.15, -0.1) is 0 Å². The predicted octanol–water partition coefficient (Wildman–Crippen LogP) is -0.346. The lowest BCUT2D eigenvalue weighted by molar-refractivity contribution is 0.0690. The summed E-state index contributed by atoms with van der Waals surface area (Å²) in [6.45, 7) is 0. The molecule has 15 heavy (non-hydrogen) atoms. The molecule has 0 saturated carbocycles. The van der Waals surface area contributed by atoms with E-state index in [1.807, 2.05) is 0 Å². The highest BCUT2D eigenvalue weighted by Crippen LogP contribution is 2.01. The summed E-state index contributed by atoms with van der Waals surface area (Å²) >= 11 is 0. The Morgan fingerprint density at radius 3 is 2.93 bits per heavy atom. The van der Waals surface area contributed by atoms with Crippen LogP contribution in [0, 0.1) is 0 Å². The van der Waals surface area contributed by atoms with E-state index in [2.05, 4.69) is 15.1 Å². The molecule has 76 valence electrons. The van der Waals surface area contributed by atoms with Gasteiger partial charge in [0.15, 0.2) is 11.5 Å². The molecule has 0 spiro atoms. The third-order valence-corrected chi connectivity index (χ3v) is 1.71. The Hall–Kier alpha value is -2.44. The highest BCUT2D eigenvalue weighted by atomic mass is 16.4. The van der Waals surface area contributed by atoms with E-state index in [0.717, 1.165) is 0 Å². The number of H-pyrrole nitrogens is 1. The van der Waals surface area contributed by atoms with Crippen LogP contribution in [0.2, 0.25) is 0 Å². The van der Waals surface area contributed by atoms with Crippen molar-refractivity contribution in [2.24, 2.45) is 0 Å². The van der Waals surface area contributed by atoms with Gasteiger partial charge in [-0.1, -0.05) is 0 Å². The van der Waals surface area contributed by atoms with Gasteiger partial charge in [-0.3, -0.25) is 4.79 Å². The Bertz CT molecular complexity index is 557. The predicted molar refractivity (Wildman–Crippen MR) is 48.9 cm³/mol. The first kappa shape index (κ1) is 9.13. The zero-order valence-electron chi connectivity index (χ0n) is 7.41. The van der Waals surface area contributed by atoms with E-state index in [4.69, 9.17) is 5.11 Å². The summed E-state index contributed by atoms with van der Waals surface area (Å²) in [6, 6.07) is 2.55. The van der Waals surface area contributed by atoms with Crippen LogP contribution in [0.4, 0.5) is 0 Å². The molecule has 0 aromatic carbocycles. The molecule has 7 nitrogen and oxygen atoms in total. The SMILES string of the molecule is O=C(O)c1ccn(-c2cc(=O)[nH]cn2)n1. The normalized spacial score (nSPS) is 10.1. The lowest BCUT2D eigenvalue weighted by atomic mass is 10.5. The molecule has 0 aliphatic carbocycles. The summed E-state index contributed by atoms with van der Waals surface area (Å²) in [5.74, 6) is -0.857. The molecule has 2 heterocycles. The number of aromatic carboxylic acids is 1. The second kappa shape index (κ2) is 3.37. The van der Waals surface area contributed by atoms with Crippen LogP contribution in [0.3, 0.4) is 0 Å². The van der Waals surface area contributed by atoms with Crippen molar-refractivity contribution in [3.8, 4) is 5.82 Å². The number of carboxylic acids is 1. The van der Waals surface area contributed by atoms with Crippen LogP contribution in [0.5, 0.6) is 0 Å². The number of aromatic nitrogens is 4. The molecule has 0 saturated heterocycles. The summed E-state index contributed by atoms with van der Waals surface area (Å²) in [4.78, 5) is 27.7. The molecule has 0 bridgehead atoms. The van der Waals surface area contributed by atoms with Gasteiger partial charge in [0.05, 0.1) is 6.33 Å². The maximum absolute atomic E-state index is 11.0. The molecule has 0 fully saturated rings. The monoisotopic (exact) mass is 206 g/mol. The van der Waals surface area contributed by atoms with Gasteiger partial charge in [0, 0.05) is 12.3 Å². The van der Waals surface area contributed by atoms with Crippen LogP contribution >= 0.6 is 0 Å². The Labute approximate surface area is 83.0 Å². The number of aromatic amines is 1. The fourth-order valence-electron chi connectivity index (χ4n) is 1.05. The summed E-state index contributed by atoms with van der Waals surface area (Å²) in [5, 5.41) is 12.4. The second-order valence-electron chi connectivity index (χ2n) is 2.72.